The number of nitrogens with one attached hydrogen (secondary N) is 1. The molecule has 0 fully saturated rings. The Kier molecular flexibility index (Phi) is 6.03. The van der Waals surface area contributed by atoms with E-state index in [1.165, 1.54) is 29.2 Å². The average molecular weight is 429 g/mol. The molecule has 3 aromatic rings. The third-order valence-corrected chi connectivity index (χ3v) is 5.50. The van der Waals surface area contributed by atoms with Gasteiger partial charge in [-0.3, -0.25) is 9.59 Å². The van der Waals surface area contributed by atoms with E-state index in [9.17, 15) is 14.0 Å². The SMILES string of the molecule is CCN(CC)c1ccc(N2C(=O)C(Nc3ccc(F)cc3)=C(c3ccccc3)C2=O)cc1. The van der Waals surface area contributed by atoms with Gasteiger partial charge in [-0.15, -0.1) is 0 Å². The fourth-order valence-electron chi connectivity index (χ4n) is 3.83. The normalized spacial score (nSPS) is 13.7. The number of hydrogen-bond donors (Lipinski definition) is 1. The maximum Gasteiger partial charge on any atom is 0.282 e. The molecule has 5 nitrogen and oxygen atoms in total. The van der Waals surface area contributed by atoms with E-state index in [0.717, 1.165) is 18.8 Å². The quantitative estimate of drug-likeness (QED) is 0.533. The molecule has 1 aliphatic rings. The predicted octanol–water partition coefficient (Wildman–Crippen LogP) is 5.07. The lowest BCUT2D eigenvalue weighted by Crippen LogP contribution is -2.32. The molecule has 162 valence electrons. The Morgan fingerprint density at radius 2 is 1.44 bits per heavy atom. The Morgan fingerprint density at radius 1 is 0.812 bits per heavy atom. The standard InChI is InChI=1S/C26H24FN3O2/c1-3-29(4-2)21-14-16-22(17-15-21)30-25(31)23(18-8-6-5-7-9-18)24(26(30)32)28-20-12-10-19(27)11-13-20/h5-17,28H,3-4H2,1-2H3. The van der Waals surface area contributed by atoms with Crippen LogP contribution in [0.25, 0.3) is 5.57 Å². The Labute approximate surface area is 186 Å². The first kappa shape index (κ1) is 21.3. The van der Waals surface area contributed by atoms with Crippen LogP contribution in [-0.4, -0.2) is 24.9 Å². The zero-order chi connectivity index (χ0) is 22.7. The van der Waals surface area contributed by atoms with Gasteiger partial charge in [-0.2, -0.15) is 0 Å². The molecular formula is C26H24FN3O2. The van der Waals surface area contributed by atoms with Crippen molar-refractivity contribution >= 4 is 34.4 Å². The highest BCUT2D eigenvalue weighted by atomic mass is 19.1. The van der Waals surface area contributed by atoms with E-state index in [0.29, 0.717) is 16.9 Å². The van der Waals surface area contributed by atoms with Gasteiger partial charge in [0.1, 0.15) is 11.5 Å². The molecular weight excluding hydrogens is 405 g/mol. The topological polar surface area (TPSA) is 52.6 Å². The second-order valence-corrected chi connectivity index (χ2v) is 7.38. The van der Waals surface area contributed by atoms with Crippen molar-refractivity contribution in [2.45, 2.75) is 13.8 Å². The van der Waals surface area contributed by atoms with Crippen molar-refractivity contribution < 1.29 is 14.0 Å². The van der Waals surface area contributed by atoms with E-state index in [-0.39, 0.29) is 17.1 Å². The van der Waals surface area contributed by atoms with Crippen molar-refractivity contribution in [1.29, 1.82) is 0 Å². The molecule has 0 aromatic heterocycles. The molecule has 0 saturated heterocycles. The maximum absolute atomic E-state index is 13.4. The summed E-state index contributed by atoms with van der Waals surface area (Å²) >= 11 is 0. The summed E-state index contributed by atoms with van der Waals surface area (Å²) in [5.41, 5.74) is 3.14. The first-order valence-electron chi connectivity index (χ1n) is 10.6. The lowest BCUT2D eigenvalue weighted by atomic mass is 10.0. The van der Waals surface area contributed by atoms with E-state index in [1.807, 2.05) is 30.3 Å². The smallest absolute Gasteiger partial charge is 0.282 e. The van der Waals surface area contributed by atoms with Gasteiger partial charge in [-0.25, -0.2) is 9.29 Å². The molecule has 4 rings (SSSR count). The molecule has 3 aromatic carbocycles. The van der Waals surface area contributed by atoms with Crippen LogP contribution >= 0.6 is 0 Å². The van der Waals surface area contributed by atoms with Gasteiger partial charge in [-0.05, 0) is 67.9 Å². The molecule has 32 heavy (non-hydrogen) atoms. The number of amides is 2. The molecule has 1 heterocycles. The van der Waals surface area contributed by atoms with Crippen LogP contribution in [0.3, 0.4) is 0 Å². The maximum atomic E-state index is 13.4. The van der Waals surface area contributed by atoms with Gasteiger partial charge in [0.05, 0.1) is 11.3 Å². The first-order chi connectivity index (χ1) is 15.5. The fraction of sp³-hybridized carbons (Fsp3) is 0.154. The van der Waals surface area contributed by atoms with Crippen LogP contribution < -0.4 is 15.1 Å². The van der Waals surface area contributed by atoms with E-state index in [1.54, 1.807) is 24.3 Å². The van der Waals surface area contributed by atoms with Crippen LogP contribution in [0.4, 0.5) is 21.5 Å². The lowest BCUT2D eigenvalue weighted by molar-refractivity contribution is -0.120. The first-order valence-corrected chi connectivity index (χ1v) is 10.6. The average Bonchev–Trinajstić information content (AvgIpc) is 3.06. The second-order valence-electron chi connectivity index (χ2n) is 7.38. The molecule has 0 saturated carbocycles. The van der Waals surface area contributed by atoms with E-state index < -0.39 is 11.8 Å². The van der Waals surface area contributed by atoms with Crippen molar-refractivity contribution in [2.24, 2.45) is 0 Å². The van der Waals surface area contributed by atoms with Crippen molar-refractivity contribution in [3.05, 3.63) is 95.9 Å². The zero-order valence-electron chi connectivity index (χ0n) is 18.0. The van der Waals surface area contributed by atoms with Crippen LogP contribution in [0, 0.1) is 5.82 Å². The summed E-state index contributed by atoms with van der Waals surface area (Å²) in [5, 5.41) is 3.04. The van der Waals surface area contributed by atoms with Gasteiger partial charge in [0.15, 0.2) is 0 Å². The largest absolute Gasteiger partial charge is 0.372 e. The molecule has 0 bridgehead atoms. The van der Waals surface area contributed by atoms with Crippen LogP contribution in [0.1, 0.15) is 19.4 Å². The van der Waals surface area contributed by atoms with Gasteiger partial charge in [0, 0.05) is 24.5 Å². The summed E-state index contributed by atoms with van der Waals surface area (Å²) < 4.78 is 13.3. The number of nitrogens with zero attached hydrogens (tertiary/aromatic N) is 2. The van der Waals surface area contributed by atoms with Gasteiger partial charge in [-0.1, -0.05) is 30.3 Å². The van der Waals surface area contributed by atoms with Crippen molar-refractivity contribution in [3.63, 3.8) is 0 Å². The molecule has 0 aliphatic carbocycles. The number of anilines is 3. The predicted molar refractivity (Wildman–Crippen MR) is 126 cm³/mol. The zero-order valence-corrected chi connectivity index (χ0v) is 18.0. The highest BCUT2D eigenvalue weighted by molar-refractivity contribution is 6.46. The monoisotopic (exact) mass is 429 g/mol. The van der Waals surface area contributed by atoms with Crippen LogP contribution in [0.5, 0.6) is 0 Å². The number of imide groups is 1. The number of carbonyl (C=O) groups is 2. The molecule has 0 spiro atoms. The lowest BCUT2D eigenvalue weighted by Gasteiger charge is -2.22. The van der Waals surface area contributed by atoms with Crippen LogP contribution in [-0.2, 0) is 9.59 Å². The fourth-order valence-corrected chi connectivity index (χ4v) is 3.83. The number of rotatable bonds is 7. The Hall–Kier alpha value is -3.93. The Bertz CT molecular complexity index is 1150. The minimum atomic E-state index is -0.450. The van der Waals surface area contributed by atoms with Crippen LogP contribution in [0.15, 0.2) is 84.6 Å². The van der Waals surface area contributed by atoms with Gasteiger partial charge >= 0.3 is 0 Å². The second kappa shape index (κ2) is 9.06. The molecule has 1 aliphatic heterocycles. The number of carbonyl (C=O) groups excluding carboxylic acids is 2. The van der Waals surface area contributed by atoms with Crippen molar-refractivity contribution in [1.82, 2.24) is 0 Å². The highest BCUT2D eigenvalue weighted by Gasteiger charge is 2.40. The Morgan fingerprint density at radius 3 is 2.03 bits per heavy atom. The van der Waals surface area contributed by atoms with E-state index in [4.69, 9.17) is 0 Å². The molecule has 1 N–H and O–H groups in total. The van der Waals surface area contributed by atoms with Gasteiger partial charge in [0.2, 0.25) is 0 Å². The third kappa shape index (κ3) is 3.99. The van der Waals surface area contributed by atoms with Crippen molar-refractivity contribution in [2.75, 3.05) is 28.2 Å². The number of halogens is 1. The summed E-state index contributed by atoms with van der Waals surface area (Å²) in [7, 11) is 0. The summed E-state index contributed by atoms with van der Waals surface area (Å²) in [6.45, 7) is 5.88. The molecule has 0 radical (unpaired) electrons. The minimum absolute atomic E-state index is 0.167. The molecule has 0 unspecified atom stereocenters. The third-order valence-electron chi connectivity index (χ3n) is 5.50. The van der Waals surface area contributed by atoms with Gasteiger partial charge in [0.25, 0.3) is 11.8 Å². The summed E-state index contributed by atoms with van der Waals surface area (Å²) in [5.74, 6) is -1.23. The molecule has 0 atom stereocenters. The summed E-state index contributed by atoms with van der Waals surface area (Å²) in [6, 6.07) is 22.1. The minimum Gasteiger partial charge on any atom is -0.372 e. The van der Waals surface area contributed by atoms with E-state index in [2.05, 4.69) is 24.1 Å². The molecule has 2 amide bonds. The Balaban J connectivity index is 1.72. The van der Waals surface area contributed by atoms with Crippen molar-refractivity contribution in [3.8, 4) is 0 Å². The van der Waals surface area contributed by atoms with E-state index >= 15 is 0 Å². The number of hydrogen-bond acceptors (Lipinski definition) is 4. The van der Waals surface area contributed by atoms with Crippen LogP contribution in [0.2, 0.25) is 0 Å². The number of benzene rings is 3. The molecule has 6 heteroatoms. The summed E-state index contributed by atoms with van der Waals surface area (Å²) in [4.78, 5) is 30.2. The highest BCUT2D eigenvalue weighted by Crippen LogP contribution is 2.34. The summed E-state index contributed by atoms with van der Waals surface area (Å²) in [6.07, 6.45) is 0. The van der Waals surface area contributed by atoms with Gasteiger partial charge < -0.3 is 10.2 Å².